The van der Waals surface area contributed by atoms with E-state index in [1.807, 2.05) is 18.2 Å². The van der Waals surface area contributed by atoms with E-state index in [0.29, 0.717) is 31.3 Å². The molecule has 0 bridgehead atoms. The van der Waals surface area contributed by atoms with E-state index in [9.17, 15) is 5.11 Å². The van der Waals surface area contributed by atoms with Crippen LogP contribution < -0.4 is 5.32 Å². The number of rotatable bonds is 9. The summed E-state index contributed by atoms with van der Waals surface area (Å²) in [6.07, 6.45) is 4.49. The molecule has 0 aliphatic carbocycles. The summed E-state index contributed by atoms with van der Waals surface area (Å²) in [5.74, 6) is 0. The van der Waals surface area contributed by atoms with Crippen LogP contribution in [-0.4, -0.2) is 49.6 Å². The van der Waals surface area contributed by atoms with Gasteiger partial charge in [0.2, 0.25) is 0 Å². The van der Waals surface area contributed by atoms with Gasteiger partial charge >= 0.3 is 0 Å². The van der Waals surface area contributed by atoms with Gasteiger partial charge in [0.25, 0.3) is 0 Å². The SMILES string of the molecule is CCc1cccc(-c2c([C@](O)(CCCCOC)[C@H]3CNCCO3)ccnc2Cl)c1. The fourth-order valence-electron chi connectivity index (χ4n) is 4.00. The van der Waals surface area contributed by atoms with Gasteiger partial charge in [0.15, 0.2) is 0 Å². The average molecular weight is 419 g/mol. The Balaban J connectivity index is 2.05. The highest BCUT2D eigenvalue weighted by molar-refractivity contribution is 6.32. The van der Waals surface area contributed by atoms with E-state index < -0.39 is 5.60 Å². The summed E-state index contributed by atoms with van der Waals surface area (Å²) in [7, 11) is 1.70. The molecule has 1 aliphatic rings. The highest BCUT2D eigenvalue weighted by Crippen LogP contribution is 2.41. The van der Waals surface area contributed by atoms with Crippen molar-refractivity contribution in [2.75, 3.05) is 33.4 Å². The first-order valence-electron chi connectivity index (χ1n) is 10.4. The summed E-state index contributed by atoms with van der Waals surface area (Å²) in [4.78, 5) is 4.32. The van der Waals surface area contributed by atoms with Crippen LogP contribution in [-0.2, 0) is 21.5 Å². The van der Waals surface area contributed by atoms with Crippen LogP contribution in [0.4, 0.5) is 0 Å². The third-order valence-corrected chi connectivity index (χ3v) is 5.90. The Morgan fingerprint density at radius 2 is 2.21 bits per heavy atom. The van der Waals surface area contributed by atoms with E-state index in [-0.39, 0.29) is 6.10 Å². The maximum absolute atomic E-state index is 12.0. The Kier molecular flexibility index (Phi) is 8.04. The lowest BCUT2D eigenvalue weighted by molar-refractivity contribution is -0.129. The second kappa shape index (κ2) is 10.5. The molecule has 2 aromatic rings. The van der Waals surface area contributed by atoms with Crippen LogP contribution in [0, 0.1) is 0 Å². The second-order valence-corrected chi connectivity index (χ2v) is 7.87. The van der Waals surface area contributed by atoms with E-state index in [2.05, 4.69) is 29.4 Å². The first-order chi connectivity index (χ1) is 14.1. The van der Waals surface area contributed by atoms with Crippen molar-refractivity contribution in [3.63, 3.8) is 0 Å². The number of aryl methyl sites for hydroxylation is 1. The molecule has 1 aliphatic heterocycles. The van der Waals surface area contributed by atoms with Crippen molar-refractivity contribution in [2.45, 2.75) is 44.3 Å². The minimum atomic E-state index is -1.18. The molecule has 2 atom stereocenters. The predicted octanol–water partition coefficient (Wildman–Crippen LogP) is 3.96. The predicted molar refractivity (Wildman–Crippen MR) is 116 cm³/mol. The van der Waals surface area contributed by atoms with Crippen molar-refractivity contribution in [1.29, 1.82) is 0 Å². The molecule has 3 rings (SSSR count). The van der Waals surface area contributed by atoms with Gasteiger partial charge in [-0.25, -0.2) is 4.98 Å². The van der Waals surface area contributed by atoms with Crippen LogP contribution in [0.3, 0.4) is 0 Å². The molecule has 6 heteroatoms. The average Bonchev–Trinajstić information content (AvgIpc) is 2.77. The van der Waals surface area contributed by atoms with Gasteiger partial charge in [-0.05, 0) is 48.4 Å². The summed E-state index contributed by atoms with van der Waals surface area (Å²) >= 11 is 6.59. The standard InChI is InChI=1S/C23H31ClN2O3/c1-3-17-7-6-8-18(15-17)21-19(9-11-26-22(21)24)23(27,10-4-5-13-28-2)20-16-25-12-14-29-20/h6-9,11,15,20,25,27H,3-5,10,12-14,16H2,1-2H3/t20-,23-/m1/s1. The van der Waals surface area contributed by atoms with Crippen LogP contribution in [0.1, 0.15) is 37.3 Å². The summed E-state index contributed by atoms with van der Waals surface area (Å²) in [5, 5.41) is 15.8. The largest absolute Gasteiger partial charge is 0.385 e. The van der Waals surface area contributed by atoms with Crippen molar-refractivity contribution >= 4 is 11.6 Å². The fourth-order valence-corrected chi connectivity index (χ4v) is 4.27. The van der Waals surface area contributed by atoms with E-state index in [0.717, 1.165) is 42.5 Å². The molecular formula is C23H31ClN2O3. The number of pyridine rings is 1. The molecule has 1 fully saturated rings. The number of halogens is 1. The zero-order chi connectivity index (χ0) is 20.7. The number of benzene rings is 1. The highest BCUT2D eigenvalue weighted by atomic mass is 35.5. The van der Waals surface area contributed by atoms with Crippen molar-refractivity contribution in [3.8, 4) is 11.1 Å². The minimum absolute atomic E-state index is 0.356. The number of nitrogens with zero attached hydrogens (tertiary/aromatic N) is 1. The van der Waals surface area contributed by atoms with E-state index in [1.54, 1.807) is 13.3 Å². The Labute approximate surface area is 178 Å². The molecule has 0 spiro atoms. The minimum Gasteiger partial charge on any atom is -0.385 e. The molecule has 1 aromatic carbocycles. The third-order valence-electron chi connectivity index (χ3n) is 5.61. The maximum Gasteiger partial charge on any atom is 0.137 e. The number of unbranched alkanes of at least 4 members (excludes halogenated alkanes) is 1. The molecule has 1 saturated heterocycles. The topological polar surface area (TPSA) is 63.6 Å². The molecule has 0 unspecified atom stereocenters. The number of aromatic nitrogens is 1. The lowest BCUT2D eigenvalue weighted by atomic mass is 9.79. The molecular weight excluding hydrogens is 388 g/mol. The number of ether oxygens (including phenoxy) is 2. The summed E-state index contributed by atoms with van der Waals surface area (Å²) < 4.78 is 11.2. The van der Waals surface area contributed by atoms with Gasteiger partial charge in [0.1, 0.15) is 16.9 Å². The van der Waals surface area contributed by atoms with Crippen LogP contribution in [0.2, 0.25) is 5.15 Å². The maximum atomic E-state index is 12.0. The van der Waals surface area contributed by atoms with E-state index in [1.165, 1.54) is 5.56 Å². The Bertz CT molecular complexity index is 795. The first kappa shape index (κ1) is 22.2. The van der Waals surface area contributed by atoms with Crippen LogP contribution >= 0.6 is 11.6 Å². The summed E-state index contributed by atoms with van der Waals surface area (Å²) in [6, 6.07) is 10.2. The third kappa shape index (κ3) is 5.16. The molecule has 2 N–H and O–H groups in total. The monoisotopic (exact) mass is 418 g/mol. The van der Waals surface area contributed by atoms with Crippen LogP contribution in [0.15, 0.2) is 36.5 Å². The Morgan fingerprint density at radius 1 is 1.34 bits per heavy atom. The quantitative estimate of drug-likeness (QED) is 0.476. The lowest BCUT2D eigenvalue weighted by Gasteiger charge is -2.40. The zero-order valence-corrected chi connectivity index (χ0v) is 18.0. The number of morpholine rings is 1. The lowest BCUT2D eigenvalue weighted by Crippen LogP contribution is -2.51. The van der Waals surface area contributed by atoms with Crippen molar-refractivity contribution < 1.29 is 14.6 Å². The van der Waals surface area contributed by atoms with Crippen molar-refractivity contribution in [1.82, 2.24) is 10.3 Å². The smallest absolute Gasteiger partial charge is 0.137 e. The van der Waals surface area contributed by atoms with Gasteiger partial charge < -0.3 is 19.9 Å². The van der Waals surface area contributed by atoms with E-state index in [4.69, 9.17) is 21.1 Å². The van der Waals surface area contributed by atoms with Crippen molar-refractivity contribution in [3.05, 3.63) is 52.8 Å². The normalized spacial score (nSPS) is 19.1. The number of nitrogens with one attached hydrogen (secondary N) is 1. The van der Waals surface area contributed by atoms with Crippen LogP contribution in [0.25, 0.3) is 11.1 Å². The molecule has 0 amide bonds. The van der Waals surface area contributed by atoms with E-state index >= 15 is 0 Å². The fraction of sp³-hybridized carbons (Fsp3) is 0.522. The van der Waals surface area contributed by atoms with Crippen LogP contribution in [0.5, 0.6) is 0 Å². The molecule has 2 heterocycles. The van der Waals surface area contributed by atoms with Gasteiger partial charge in [-0.1, -0.05) is 42.8 Å². The summed E-state index contributed by atoms with van der Waals surface area (Å²) in [5.41, 5.74) is 2.57. The molecule has 1 aromatic heterocycles. The zero-order valence-electron chi connectivity index (χ0n) is 17.3. The Morgan fingerprint density at radius 3 is 2.93 bits per heavy atom. The molecule has 29 heavy (non-hydrogen) atoms. The van der Waals surface area contributed by atoms with Gasteiger partial charge in [-0.15, -0.1) is 0 Å². The number of hydrogen-bond donors (Lipinski definition) is 2. The van der Waals surface area contributed by atoms with Crippen molar-refractivity contribution in [2.24, 2.45) is 0 Å². The molecule has 0 saturated carbocycles. The van der Waals surface area contributed by atoms with Gasteiger partial charge in [0, 0.05) is 38.6 Å². The second-order valence-electron chi connectivity index (χ2n) is 7.52. The number of aliphatic hydroxyl groups is 1. The molecule has 0 radical (unpaired) electrons. The van der Waals surface area contributed by atoms with Gasteiger partial charge in [-0.2, -0.15) is 0 Å². The molecule has 5 nitrogen and oxygen atoms in total. The first-order valence-corrected chi connectivity index (χ1v) is 10.8. The highest BCUT2D eigenvalue weighted by Gasteiger charge is 2.42. The number of hydrogen-bond acceptors (Lipinski definition) is 5. The van der Waals surface area contributed by atoms with Gasteiger partial charge in [-0.3, -0.25) is 0 Å². The molecule has 158 valence electrons. The Hall–Kier alpha value is -1.50. The summed E-state index contributed by atoms with van der Waals surface area (Å²) in [6.45, 7) is 4.75. The van der Waals surface area contributed by atoms with Gasteiger partial charge in [0.05, 0.1) is 6.61 Å². The number of methoxy groups -OCH3 is 1.